The number of hydrogen-bond donors (Lipinski definition) is 0. The quantitative estimate of drug-likeness (QED) is 0.165. The van der Waals surface area contributed by atoms with E-state index in [1.807, 2.05) is 0 Å². The Hall–Kier alpha value is -7.44. The maximum absolute atomic E-state index is 7.48. The van der Waals surface area contributed by atoms with Gasteiger partial charge in [-0.15, -0.1) is 0 Å². The van der Waals surface area contributed by atoms with E-state index >= 15 is 0 Å². The van der Waals surface area contributed by atoms with Gasteiger partial charge in [-0.05, 0) is 129 Å². The van der Waals surface area contributed by atoms with E-state index in [2.05, 4.69) is 216 Å². The van der Waals surface area contributed by atoms with Gasteiger partial charge in [0, 0.05) is 55.6 Å². The van der Waals surface area contributed by atoms with Gasteiger partial charge in [0.05, 0.1) is 11.4 Å². The van der Waals surface area contributed by atoms with Crippen LogP contribution in [-0.2, 0) is 16.2 Å². The summed E-state index contributed by atoms with van der Waals surface area (Å²) >= 11 is 0. The van der Waals surface area contributed by atoms with E-state index in [1.165, 1.54) is 16.7 Å². The smallest absolute Gasteiger partial charge is 0.376 e. The lowest BCUT2D eigenvalue weighted by atomic mass is 9.45. The van der Waals surface area contributed by atoms with E-state index < -0.39 is 0 Å². The van der Waals surface area contributed by atoms with Gasteiger partial charge in [-0.25, -0.2) is 0 Å². The molecule has 8 aromatic carbocycles. The number of rotatable bonds is 3. The molecule has 5 nitrogen and oxygen atoms in total. The van der Waals surface area contributed by atoms with Crippen LogP contribution in [0.3, 0.4) is 0 Å². The molecule has 2 aliphatic heterocycles. The largest absolute Gasteiger partial charge is 0.466 e. The number of nitrogens with zero attached hydrogens (tertiary/aromatic N) is 2. The monoisotopic (exact) mass is 882 g/mol. The second kappa shape index (κ2) is 13.6. The van der Waals surface area contributed by atoms with Gasteiger partial charge in [-0.1, -0.05) is 139 Å². The fraction of sp³-hybridized carbons (Fsp3) is 0.194. The minimum Gasteiger partial charge on any atom is -0.466 e. The molecule has 0 saturated heterocycles. The summed E-state index contributed by atoms with van der Waals surface area (Å²) in [5.74, 6) is 0. The molecule has 3 aliphatic rings. The van der Waals surface area contributed by atoms with Crippen molar-refractivity contribution in [3.63, 3.8) is 0 Å². The van der Waals surface area contributed by atoms with E-state index in [1.54, 1.807) is 0 Å². The molecule has 0 bridgehead atoms. The Morgan fingerprint density at radius 3 is 1.88 bits per heavy atom. The lowest BCUT2D eigenvalue weighted by Gasteiger charge is -2.45. The summed E-state index contributed by atoms with van der Waals surface area (Å²) in [6, 6.07) is 57.9. The van der Waals surface area contributed by atoms with Gasteiger partial charge in [0.1, 0.15) is 28.0 Å². The Morgan fingerprint density at radius 1 is 0.485 bits per heavy atom. The zero-order valence-corrected chi connectivity index (χ0v) is 39.6. The number of hydrogen-bond acceptors (Lipinski definition) is 5. The van der Waals surface area contributed by atoms with Crippen LogP contribution in [0.1, 0.15) is 78.0 Å². The SMILES string of the molecule is CC(C)(C)c1ccc(N2B3c4oc5ccc(-c6ccccc6)cc5c4N(c4ccc5c(c4)C(C)(C)CCC5(C)C)c4c3c(cc3c4oc4ccccc43)-c3cc4c(cc32)oc2ccccc24)cc1. The van der Waals surface area contributed by atoms with Crippen molar-refractivity contribution in [3.8, 4) is 22.3 Å². The van der Waals surface area contributed by atoms with Crippen molar-refractivity contribution in [1.29, 1.82) is 0 Å². The second-order valence-corrected chi connectivity index (χ2v) is 21.9. The molecule has 0 unspecified atom stereocenters. The minimum absolute atomic E-state index is 0.0144. The number of furan rings is 3. The van der Waals surface area contributed by atoms with Crippen molar-refractivity contribution < 1.29 is 13.3 Å². The fourth-order valence-corrected chi connectivity index (χ4v) is 12.1. The van der Waals surface area contributed by atoms with Crippen LogP contribution in [0.4, 0.5) is 28.4 Å². The number of para-hydroxylation sites is 2. The van der Waals surface area contributed by atoms with Gasteiger partial charge in [0.15, 0.2) is 5.58 Å². The summed E-state index contributed by atoms with van der Waals surface area (Å²) in [6.45, 7) is 16.1. The highest BCUT2D eigenvalue weighted by atomic mass is 16.3. The van der Waals surface area contributed by atoms with Crippen LogP contribution in [0.25, 0.3) is 77.1 Å². The Morgan fingerprint density at radius 2 is 1.13 bits per heavy atom. The topological polar surface area (TPSA) is 45.9 Å². The van der Waals surface area contributed by atoms with E-state index in [4.69, 9.17) is 13.3 Å². The highest BCUT2D eigenvalue weighted by molar-refractivity contribution is 6.93. The number of benzene rings is 8. The van der Waals surface area contributed by atoms with Crippen LogP contribution in [0.5, 0.6) is 0 Å². The first-order valence-corrected chi connectivity index (χ1v) is 24.2. The summed E-state index contributed by atoms with van der Waals surface area (Å²) in [6.07, 6.45) is 2.26. The highest BCUT2D eigenvalue weighted by Crippen LogP contribution is 2.55. The van der Waals surface area contributed by atoms with Gasteiger partial charge < -0.3 is 23.0 Å². The van der Waals surface area contributed by atoms with Crippen LogP contribution in [0.2, 0.25) is 0 Å². The predicted octanol–water partition coefficient (Wildman–Crippen LogP) is 16.3. The van der Waals surface area contributed by atoms with Gasteiger partial charge in [0.25, 0.3) is 0 Å². The first kappa shape index (κ1) is 39.7. The molecule has 0 amide bonds. The van der Waals surface area contributed by atoms with E-state index in [-0.39, 0.29) is 23.1 Å². The van der Waals surface area contributed by atoms with Crippen molar-refractivity contribution in [2.75, 3.05) is 9.71 Å². The molecule has 0 radical (unpaired) electrons. The van der Waals surface area contributed by atoms with Crippen molar-refractivity contribution in [2.24, 2.45) is 0 Å². The molecule has 1 aliphatic carbocycles. The zero-order valence-electron chi connectivity index (χ0n) is 39.6. The summed E-state index contributed by atoms with van der Waals surface area (Å²) in [5.41, 5.74) is 20.4. The van der Waals surface area contributed by atoms with Gasteiger partial charge in [-0.3, -0.25) is 0 Å². The molecule has 11 aromatic rings. The lowest BCUT2D eigenvalue weighted by molar-refractivity contribution is 0.332. The van der Waals surface area contributed by atoms with Crippen molar-refractivity contribution >= 4 is 101 Å². The molecular weight excluding hydrogens is 832 g/mol. The first-order valence-electron chi connectivity index (χ1n) is 24.2. The van der Waals surface area contributed by atoms with E-state index in [0.717, 1.165) is 130 Å². The standard InChI is InChI=1S/C62H51BN2O3/c1-60(2,3)38-22-24-39(25-23-38)65-50-35-54-44(41-17-11-13-19-51(41)66-54)33-43(50)45-34-46-42-18-12-14-20-52(42)67-58(46)57-55(45)63(65)59-56(47-31-37(21-28-53(47)68-59)36-15-9-8-10-16-36)64(57)40-26-27-48-49(32-40)62(6,7)30-29-61(48,4)5/h8-28,31-35H,29-30H2,1-7H3. The zero-order chi connectivity index (χ0) is 46.0. The molecule has 0 fully saturated rings. The summed E-state index contributed by atoms with van der Waals surface area (Å²) in [5, 5.41) is 5.44. The maximum Gasteiger partial charge on any atom is 0.376 e. The van der Waals surface area contributed by atoms with Crippen LogP contribution in [-0.4, -0.2) is 6.85 Å². The molecule has 5 heterocycles. The molecule has 330 valence electrons. The van der Waals surface area contributed by atoms with Crippen molar-refractivity contribution in [1.82, 2.24) is 0 Å². The van der Waals surface area contributed by atoms with Gasteiger partial charge in [-0.2, -0.15) is 0 Å². The van der Waals surface area contributed by atoms with Gasteiger partial charge >= 0.3 is 6.85 Å². The third-order valence-electron chi connectivity index (χ3n) is 15.9. The molecular formula is C62H51BN2O3. The van der Waals surface area contributed by atoms with Crippen molar-refractivity contribution in [3.05, 3.63) is 174 Å². The summed E-state index contributed by atoms with van der Waals surface area (Å²) in [7, 11) is 0. The summed E-state index contributed by atoms with van der Waals surface area (Å²) in [4.78, 5) is 5.04. The van der Waals surface area contributed by atoms with E-state index in [0.29, 0.717) is 0 Å². The van der Waals surface area contributed by atoms with Crippen LogP contribution in [0.15, 0.2) is 171 Å². The Bertz CT molecular complexity index is 3920. The van der Waals surface area contributed by atoms with Crippen LogP contribution < -0.4 is 20.8 Å². The minimum atomic E-state index is -0.376. The van der Waals surface area contributed by atoms with Gasteiger partial charge in [0.2, 0.25) is 0 Å². The average Bonchev–Trinajstić information content (AvgIpc) is 4.03. The molecule has 0 saturated carbocycles. The molecule has 0 spiro atoms. The molecule has 0 N–H and O–H groups in total. The number of fused-ring (bicyclic) bond motifs is 14. The normalized spacial score (nSPS) is 15.9. The Kier molecular flexibility index (Phi) is 7.94. The van der Waals surface area contributed by atoms with Crippen molar-refractivity contribution in [2.45, 2.75) is 77.6 Å². The first-order chi connectivity index (χ1) is 32.8. The fourth-order valence-electron chi connectivity index (χ4n) is 12.1. The molecule has 0 atom stereocenters. The molecule has 3 aromatic heterocycles. The second-order valence-electron chi connectivity index (χ2n) is 21.9. The van der Waals surface area contributed by atoms with E-state index in [9.17, 15) is 0 Å². The summed E-state index contributed by atoms with van der Waals surface area (Å²) < 4.78 is 21.5. The Balaban J connectivity index is 1.16. The lowest BCUT2D eigenvalue weighted by Crippen LogP contribution is -2.61. The molecule has 68 heavy (non-hydrogen) atoms. The Labute approximate surface area is 396 Å². The maximum atomic E-state index is 7.48. The predicted molar refractivity (Wildman–Crippen MR) is 284 cm³/mol. The molecule has 14 rings (SSSR count). The van der Waals surface area contributed by atoms with Crippen LogP contribution in [0, 0.1) is 0 Å². The highest BCUT2D eigenvalue weighted by Gasteiger charge is 2.50. The van der Waals surface area contributed by atoms with Crippen LogP contribution >= 0.6 is 0 Å². The third-order valence-corrected chi connectivity index (χ3v) is 15.9. The average molecular weight is 883 g/mol. The third kappa shape index (κ3) is 5.52. The molecule has 6 heteroatoms. The number of anilines is 5.